The Bertz CT molecular complexity index is 405. The highest BCUT2D eigenvalue weighted by atomic mass is 17.0. The van der Waals surface area contributed by atoms with Gasteiger partial charge in [0.05, 0.1) is 12.5 Å². The molecule has 96 valence electrons. The van der Waals surface area contributed by atoms with E-state index in [9.17, 15) is 9.59 Å². The predicted octanol–water partition coefficient (Wildman–Crippen LogP) is -1.13. The summed E-state index contributed by atoms with van der Waals surface area (Å²) in [4.78, 5) is 27.4. The summed E-state index contributed by atoms with van der Waals surface area (Å²) in [5.74, 6) is -1.67. The first-order valence-corrected chi connectivity index (χ1v) is 5.10. The highest BCUT2D eigenvalue weighted by Crippen LogP contribution is 2.16. The van der Waals surface area contributed by atoms with E-state index in [2.05, 4.69) is 4.74 Å². The van der Waals surface area contributed by atoms with Gasteiger partial charge in [0.25, 0.3) is 6.79 Å². The molecule has 2 rings (SSSR count). The zero-order valence-electron chi connectivity index (χ0n) is 9.24. The smallest absolute Gasteiger partial charge is 0.308 e. The van der Waals surface area contributed by atoms with Gasteiger partial charge in [-0.2, -0.15) is 4.63 Å². The molecule has 0 spiro atoms. The predicted molar refractivity (Wildman–Crippen MR) is 51.6 cm³/mol. The first kappa shape index (κ1) is 11.4. The highest BCUT2D eigenvalue weighted by molar-refractivity contribution is 5.71. The fraction of sp³-hybridized carbons (Fsp3) is 0.750. The zero-order valence-corrected chi connectivity index (χ0v) is 9.24. The van der Waals surface area contributed by atoms with E-state index in [0.29, 0.717) is 19.5 Å². The third-order valence-corrected chi connectivity index (χ3v) is 2.44. The average Bonchev–Trinajstić information content (AvgIpc) is 2.85. The number of aliphatic carboxylic acids is 1. The molecule has 1 aliphatic rings. The van der Waals surface area contributed by atoms with E-state index in [0.717, 1.165) is 5.02 Å². The van der Waals surface area contributed by atoms with Crippen molar-refractivity contribution in [3.05, 3.63) is 0 Å². The van der Waals surface area contributed by atoms with Gasteiger partial charge in [0.1, 0.15) is 5.02 Å². The number of hydrogen-bond donors (Lipinski definition) is 1. The van der Waals surface area contributed by atoms with Crippen LogP contribution in [-0.2, 0) is 14.3 Å². The minimum atomic E-state index is -0.818. The second-order valence-corrected chi connectivity index (χ2v) is 3.69. The van der Waals surface area contributed by atoms with Crippen molar-refractivity contribution < 1.29 is 28.9 Å². The molecule has 1 aromatic heterocycles. The summed E-state index contributed by atoms with van der Waals surface area (Å²) in [7, 11) is 0. The van der Waals surface area contributed by atoms with Gasteiger partial charge >= 0.3 is 11.9 Å². The Balaban J connectivity index is 1.74. The molecular weight excluding hydrogens is 234 g/mol. The number of hydrogen-bond acceptors (Lipinski definition) is 6. The van der Waals surface area contributed by atoms with Gasteiger partial charge in [0.2, 0.25) is 0 Å². The number of nitrogens with zero attached hydrogens (tertiary/aromatic N) is 3. The third-order valence-electron chi connectivity index (χ3n) is 2.44. The van der Waals surface area contributed by atoms with E-state index in [-0.39, 0.29) is 6.79 Å². The van der Waals surface area contributed by atoms with Crippen molar-refractivity contribution in [2.45, 2.75) is 13.3 Å². The molecular formula is C8H13N3O6. The standard InChI is InChI=1S/C8H13N3O6/c1-6(12)15-5-16-11-10(17-11)9-3-2-7(4-9)8(13)14/h7H,2-5H2,1H3,(H,13,14). The van der Waals surface area contributed by atoms with Crippen LogP contribution in [0, 0.1) is 5.92 Å². The van der Waals surface area contributed by atoms with Crippen molar-refractivity contribution >= 4 is 11.9 Å². The average molecular weight is 247 g/mol. The molecule has 17 heavy (non-hydrogen) atoms. The van der Waals surface area contributed by atoms with Gasteiger partial charge < -0.3 is 14.7 Å². The third kappa shape index (κ3) is 2.74. The lowest BCUT2D eigenvalue weighted by Crippen LogP contribution is -2.32. The number of esters is 1. The van der Waals surface area contributed by atoms with Crippen molar-refractivity contribution in [3.63, 3.8) is 0 Å². The molecule has 0 amide bonds. The van der Waals surface area contributed by atoms with Crippen molar-refractivity contribution in [2.75, 3.05) is 24.9 Å². The van der Waals surface area contributed by atoms with Crippen LogP contribution in [0.15, 0.2) is 4.63 Å². The van der Waals surface area contributed by atoms with Crippen LogP contribution in [0.5, 0.6) is 0 Å². The van der Waals surface area contributed by atoms with Crippen LogP contribution in [-0.4, -0.2) is 46.9 Å². The number of carbonyl (C=O) groups is 2. The van der Waals surface area contributed by atoms with Crippen molar-refractivity contribution in [3.8, 4) is 0 Å². The number of carbonyl (C=O) groups excluding carboxylic acids is 1. The number of ether oxygens (including phenoxy) is 1. The highest BCUT2D eigenvalue weighted by Gasteiger charge is 2.33. The molecule has 2 heterocycles. The van der Waals surface area contributed by atoms with Crippen molar-refractivity contribution in [2.24, 2.45) is 5.92 Å². The van der Waals surface area contributed by atoms with Crippen LogP contribution >= 0.6 is 0 Å². The second-order valence-electron chi connectivity index (χ2n) is 3.69. The molecule has 1 aromatic rings. The molecule has 0 aromatic carbocycles. The second kappa shape index (κ2) is 4.44. The first-order chi connectivity index (χ1) is 8.08. The van der Waals surface area contributed by atoms with Gasteiger partial charge in [-0.25, -0.2) is 0 Å². The van der Waals surface area contributed by atoms with E-state index >= 15 is 0 Å². The SMILES string of the molecule is CC(=O)OCOn1on1N1CCC(C(=O)O)C1. The fourth-order valence-electron chi connectivity index (χ4n) is 1.53. The van der Waals surface area contributed by atoms with Crippen LogP contribution in [0.3, 0.4) is 0 Å². The Morgan fingerprint density at radius 1 is 1.53 bits per heavy atom. The largest absolute Gasteiger partial charge is 0.481 e. The normalized spacial score (nSPS) is 19.6. The van der Waals surface area contributed by atoms with Crippen molar-refractivity contribution in [1.82, 2.24) is 9.98 Å². The van der Waals surface area contributed by atoms with Crippen LogP contribution < -0.4 is 9.85 Å². The molecule has 9 heteroatoms. The summed E-state index contributed by atoms with van der Waals surface area (Å²) in [5, 5.41) is 11.5. The van der Waals surface area contributed by atoms with Crippen LogP contribution in [0.1, 0.15) is 13.3 Å². The summed E-state index contributed by atoms with van der Waals surface area (Å²) < 4.78 is 9.44. The number of rotatable bonds is 5. The van der Waals surface area contributed by atoms with Gasteiger partial charge in [-0.1, -0.05) is 0 Å². The lowest BCUT2D eigenvalue weighted by atomic mass is 10.1. The topological polar surface area (TPSA) is 99.1 Å². The molecule has 0 radical (unpaired) electrons. The Morgan fingerprint density at radius 2 is 2.29 bits per heavy atom. The van der Waals surface area contributed by atoms with E-state index in [4.69, 9.17) is 14.6 Å². The summed E-state index contributed by atoms with van der Waals surface area (Å²) in [6.45, 7) is 1.96. The number of carboxylic acids is 1. The Kier molecular flexibility index (Phi) is 2.98. The van der Waals surface area contributed by atoms with Gasteiger partial charge in [-0.3, -0.25) is 14.6 Å². The lowest BCUT2D eigenvalue weighted by Gasteiger charge is -2.08. The zero-order chi connectivity index (χ0) is 12.4. The molecule has 0 bridgehead atoms. The maximum atomic E-state index is 10.7. The number of carboxylic acid groups (broad SMARTS) is 1. The minimum Gasteiger partial charge on any atom is -0.481 e. The molecule has 1 unspecified atom stereocenters. The van der Waals surface area contributed by atoms with E-state index in [1.807, 2.05) is 0 Å². The lowest BCUT2D eigenvalue weighted by molar-refractivity contribution is -0.156. The van der Waals surface area contributed by atoms with E-state index < -0.39 is 17.9 Å². The molecule has 9 nitrogen and oxygen atoms in total. The molecule has 1 saturated heterocycles. The summed E-state index contributed by atoms with van der Waals surface area (Å²) >= 11 is 0. The molecule has 0 saturated carbocycles. The molecule has 0 aliphatic carbocycles. The summed E-state index contributed by atoms with van der Waals surface area (Å²) in [6, 6.07) is 0. The maximum absolute atomic E-state index is 10.7. The van der Waals surface area contributed by atoms with Gasteiger partial charge in [0, 0.05) is 18.4 Å². The minimum absolute atomic E-state index is 0.248. The summed E-state index contributed by atoms with van der Waals surface area (Å²) in [5.41, 5.74) is 0. The maximum Gasteiger partial charge on any atom is 0.308 e. The Morgan fingerprint density at radius 3 is 2.88 bits per heavy atom. The van der Waals surface area contributed by atoms with Gasteiger partial charge in [-0.15, -0.1) is 0 Å². The summed E-state index contributed by atoms with van der Waals surface area (Å²) in [6.07, 6.45) is 0.562. The van der Waals surface area contributed by atoms with Crippen LogP contribution in [0.4, 0.5) is 0 Å². The number of aromatic nitrogens is 2. The molecule has 1 fully saturated rings. The molecule has 1 atom stereocenters. The molecule has 1 aliphatic heterocycles. The van der Waals surface area contributed by atoms with Gasteiger partial charge in [-0.05, 0) is 6.42 Å². The quantitative estimate of drug-likeness (QED) is 0.519. The Labute approximate surface area is 95.9 Å². The Hall–Kier alpha value is -2.06. The van der Waals surface area contributed by atoms with Crippen LogP contribution in [0.2, 0.25) is 0 Å². The molecule has 1 N–H and O–H groups in total. The van der Waals surface area contributed by atoms with E-state index in [1.54, 1.807) is 5.01 Å². The van der Waals surface area contributed by atoms with E-state index in [1.165, 1.54) is 11.9 Å². The van der Waals surface area contributed by atoms with Crippen LogP contribution in [0.25, 0.3) is 0 Å². The van der Waals surface area contributed by atoms with Crippen molar-refractivity contribution in [1.29, 1.82) is 0 Å². The fourth-order valence-corrected chi connectivity index (χ4v) is 1.53. The monoisotopic (exact) mass is 247 g/mol. The van der Waals surface area contributed by atoms with Gasteiger partial charge in [0.15, 0.2) is 0 Å². The first-order valence-electron chi connectivity index (χ1n) is 5.10.